The molecule has 2 N–H and O–H groups in total. The van der Waals surface area contributed by atoms with Crippen LogP contribution in [0.5, 0.6) is 0 Å². The molecule has 1 aromatic heterocycles. The predicted molar refractivity (Wildman–Crippen MR) is 77.6 cm³/mol. The second-order valence-corrected chi connectivity index (χ2v) is 5.82. The summed E-state index contributed by atoms with van der Waals surface area (Å²) in [5.41, 5.74) is 1.28. The molecule has 0 radical (unpaired) electrons. The van der Waals surface area contributed by atoms with Crippen LogP contribution in [0.15, 0.2) is 41.0 Å². The number of rotatable bonds is 4. The van der Waals surface area contributed by atoms with E-state index in [9.17, 15) is 4.79 Å². The number of H-pyrrole nitrogens is 1. The third-order valence-electron chi connectivity index (χ3n) is 3.11. The minimum atomic E-state index is -0.580. The Morgan fingerprint density at radius 2 is 2.21 bits per heavy atom. The van der Waals surface area contributed by atoms with Gasteiger partial charge in [-0.2, -0.15) is 5.10 Å². The molecule has 0 atom stereocenters. The van der Waals surface area contributed by atoms with E-state index in [2.05, 4.69) is 31.4 Å². The molecule has 0 aliphatic rings. The molecule has 0 aliphatic heterocycles. The highest BCUT2D eigenvalue weighted by Gasteiger charge is 2.29. The van der Waals surface area contributed by atoms with Gasteiger partial charge in [0.1, 0.15) is 0 Å². The molecule has 0 fully saturated rings. The molecule has 0 unspecified atom stereocenters. The van der Waals surface area contributed by atoms with Gasteiger partial charge in [0, 0.05) is 10.7 Å². The Morgan fingerprint density at radius 3 is 2.84 bits per heavy atom. The van der Waals surface area contributed by atoms with Crippen molar-refractivity contribution in [3.05, 3.63) is 52.3 Å². The normalized spacial score (nSPS) is 11.3. The highest BCUT2D eigenvalue weighted by atomic mass is 79.9. The molecule has 0 spiro atoms. The van der Waals surface area contributed by atoms with Crippen LogP contribution in [-0.2, 0) is 16.8 Å². The maximum atomic E-state index is 12.3. The van der Waals surface area contributed by atoms with E-state index >= 15 is 0 Å². The van der Waals surface area contributed by atoms with E-state index in [1.54, 1.807) is 6.20 Å². The van der Waals surface area contributed by atoms with Gasteiger partial charge in [-0.05, 0) is 37.6 Å². The second kappa shape index (κ2) is 5.57. The standard InChI is InChI=1S/C14H16BrN3O/c1-14(2,10-4-3-5-11(15)8-10)13(19)16-9-12-6-7-17-18-12/h3-8H,9H2,1-2H3,(H,16,19)(H,17,18). The molecular formula is C14H16BrN3O. The molecule has 2 rings (SSSR count). The van der Waals surface area contributed by atoms with E-state index in [4.69, 9.17) is 0 Å². The Morgan fingerprint density at radius 1 is 1.42 bits per heavy atom. The lowest BCUT2D eigenvalue weighted by atomic mass is 9.84. The first-order chi connectivity index (χ1) is 9.00. The smallest absolute Gasteiger partial charge is 0.230 e. The average molecular weight is 322 g/mol. The lowest BCUT2D eigenvalue weighted by Gasteiger charge is -2.24. The van der Waals surface area contributed by atoms with Crippen LogP contribution < -0.4 is 5.32 Å². The van der Waals surface area contributed by atoms with E-state index in [0.717, 1.165) is 15.7 Å². The van der Waals surface area contributed by atoms with E-state index in [1.165, 1.54) is 0 Å². The number of nitrogens with zero attached hydrogens (tertiary/aromatic N) is 1. The Kier molecular flexibility index (Phi) is 4.04. The van der Waals surface area contributed by atoms with Crippen LogP contribution in [0, 0.1) is 0 Å². The van der Waals surface area contributed by atoms with Gasteiger partial charge in [0.05, 0.1) is 17.7 Å². The fraction of sp³-hybridized carbons (Fsp3) is 0.286. The van der Waals surface area contributed by atoms with Gasteiger partial charge in [-0.25, -0.2) is 0 Å². The van der Waals surface area contributed by atoms with Gasteiger partial charge in [0.15, 0.2) is 0 Å². The Labute approximate surface area is 120 Å². The molecule has 0 bridgehead atoms. The molecule has 0 saturated carbocycles. The van der Waals surface area contributed by atoms with Crippen molar-refractivity contribution >= 4 is 21.8 Å². The van der Waals surface area contributed by atoms with Crippen molar-refractivity contribution in [1.82, 2.24) is 15.5 Å². The summed E-state index contributed by atoms with van der Waals surface area (Å²) in [6.45, 7) is 4.28. The molecule has 19 heavy (non-hydrogen) atoms. The van der Waals surface area contributed by atoms with Gasteiger partial charge in [-0.15, -0.1) is 0 Å². The number of nitrogens with one attached hydrogen (secondary N) is 2. The Bertz CT molecular complexity index is 564. The van der Waals surface area contributed by atoms with E-state index in [-0.39, 0.29) is 5.91 Å². The molecule has 1 amide bonds. The van der Waals surface area contributed by atoms with Crippen molar-refractivity contribution in [2.24, 2.45) is 0 Å². The molecule has 5 heteroatoms. The first-order valence-corrected chi connectivity index (χ1v) is 6.82. The SMILES string of the molecule is CC(C)(C(=O)NCc1ccn[nH]1)c1cccc(Br)c1. The summed E-state index contributed by atoms with van der Waals surface area (Å²) in [4.78, 5) is 12.3. The predicted octanol–water partition coefficient (Wildman–Crippen LogP) is 2.77. The second-order valence-electron chi connectivity index (χ2n) is 4.90. The third-order valence-corrected chi connectivity index (χ3v) is 3.61. The van der Waals surface area contributed by atoms with Crippen LogP contribution in [0.4, 0.5) is 0 Å². The van der Waals surface area contributed by atoms with Crippen molar-refractivity contribution < 1.29 is 4.79 Å². The first-order valence-electron chi connectivity index (χ1n) is 6.03. The van der Waals surface area contributed by atoms with Crippen LogP contribution in [-0.4, -0.2) is 16.1 Å². The molecular weight excluding hydrogens is 306 g/mol. The highest BCUT2D eigenvalue weighted by Crippen LogP contribution is 2.26. The van der Waals surface area contributed by atoms with Crippen molar-refractivity contribution in [3.63, 3.8) is 0 Å². The number of halogens is 1. The highest BCUT2D eigenvalue weighted by molar-refractivity contribution is 9.10. The summed E-state index contributed by atoms with van der Waals surface area (Å²) in [5, 5.41) is 9.59. The summed E-state index contributed by atoms with van der Waals surface area (Å²) in [7, 11) is 0. The van der Waals surface area contributed by atoms with Crippen molar-refractivity contribution in [2.45, 2.75) is 25.8 Å². The lowest BCUT2D eigenvalue weighted by Crippen LogP contribution is -2.39. The summed E-state index contributed by atoms with van der Waals surface area (Å²) in [6.07, 6.45) is 1.67. The number of aromatic amines is 1. The fourth-order valence-electron chi connectivity index (χ4n) is 1.79. The quantitative estimate of drug-likeness (QED) is 0.909. The number of hydrogen-bond donors (Lipinski definition) is 2. The average Bonchev–Trinajstić information content (AvgIpc) is 2.89. The number of carbonyl (C=O) groups is 1. The molecule has 1 aromatic carbocycles. The number of amides is 1. The van der Waals surface area contributed by atoms with Crippen LogP contribution in [0.3, 0.4) is 0 Å². The van der Waals surface area contributed by atoms with Crippen molar-refractivity contribution in [1.29, 1.82) is 0 Å². The third kappa shape index (κ3) is 3.23. The van der Waals surface area contributed by atoms with Gasteiger partial charge in [-0.1, -0.05) is 28.1 Å². The zero-order valence-corrected chi connectivity index (χ0v) is 12.5. The molecule has 4 nitrogen and oxygen atoms in total. The number of aromatic nitrogens is 2. The van der Waals surface area contributed by atoms with Crippen LogP contribution in [0.25, 0.3) is 0 Å². The molecule has 1 heterocycles. The molecule has 100 valence electrons. The zero-order valence-electron chi connectivity index (χ0n) is 10.9. The van der Waals surface area contributed by atoms with Gasteiger partial charge >= 0.3 is 0 Å². The van der Waals surface area contributed by atoms with Crippen molar-refractivity contribution in [2.75, 3.05) is 0 Å². The molecule has 2 aromatic rings. The topological polar surface area (TPSA) is 57.8 Å². The van der Waals surface area contributed by atoms with E-state index < -0.39 is 5.41 Å². The molecule has 0 saturated heterocycles. The summed E-state index contributed by atoms with van der Waals surface area (Å²) in [5.74, 6) is -0.0137. The van der Waals surface area contributed by atoms with Gasteiger partial charge < -0.3 is 5.32 Å². The minimum absolute atomic E-state index is 0.0137. The summed E-state index contributed by atoms with van der Waals surface area (Å²) in [6, 6.07) is 9.65. The number of carbonyl (C=O) groups excluding carboxylic acids is 1. The van der Waals surface area contributed by atoms with Crippen LogP contribution in [0.1, 0.15) is 25.1 Å². The van der Waals surface area contributed by atoms with E-state index in [1.807, 2.05) is 44.2 Å². The van der Waals surface area contributed by atoms with Crippen molar-refractivity contribution in [3.8, 4) is 0 Å². The lowest BCUT2D eigenvalue weighted by molar-refractivity contribution is -0.125. The van der Waals surface area contributed by atoms with Gasteiger partial charge in [0.2, 0.25) is 5.91 Å². The van der Waals surface area contributed by atoms with Crippen LogP contribution in [0.2, 0.25) is 0 Å². The molecule has 0 aliphatic carbocycles. The monoisotopic (exact) mass is 321 g/mol. The number of hydrogen-bond acceptors (Lipinski definition) is 2. The van der Waals surface area contributed by atoms with Gasteiger partial charge in [-0.3, -0.25) is 9.89 Å². The van der Waals surface area contributed by atoms with E-state index in [0.29, 0.717) is 6.54 Å². The van der Waals surface area contributed by atoms with Gasteiger partial charge in [0.25, 0.3) is 0 Å². The Hall–Kier alpha value is -1.62. The first kappa shape index (κ1) is 13.8. The summed E-state index contributed by atoms with van der Waals surface area (Å²) >= 11 is 3.43. The largest absolute Gasteiger partial charge is 0.350 e. The fourth-order valence-corrected chi connectivity index (χ4v) is 2.19. The maximum absolute atomic E-state index is 12.3. The minimum Gasteiger partial charge on any atom is -0.350 e. The maximum Gasteiger partial charge on any atom is 0.230 e. The summed E-state index contributed by atoms with van der Waals surface area (Å²) < 4.78 is 0.972. The number of benzene rings is 1. The van der Waals surface area contributed by atoms with Crippen LogP contribution >= 0.6 is 15.9 Å². The Balaban J connectivity index is 2.08. The zero-order chi connectivity index (χ0) is 13.9.